The van der Waals surface area contributed by atoms with E-state index in [0.29, 0.717) is 26.3 Å². The van der Waals surface area contributed by atoms with Crippen molar-refractivity contribution in [2.75, 3.05) is 44.7 Å². The summed E-state index contributed by atoms with van der Waals surface area (Å²) in [6.45, 7) is 6.08. The maximum atomic E-state index is 14.1. The molecule has 1 aliphatic heterocycles. The maximum Gasteiger partial charge on any atom is 0.326 e. The standard InChI is InChI=1S/C28H38ClFN4O4/c1-2-18-38-19-17-34(15-4-3-8-21-12-11-20-7-6-14-31-26(20)32-21)16-13-24(28(36)37)33-27(35)25-22(29)9-5-10-23(25)30/h5,9-12,24H,2-4,6-8,13-19H2,1H3,(H,31,32)(H,33,35)(H,36,37). The third-order valence-corrected chi connectivity index (χ3v) is 6.85. The van der Waals surface area contributed by atoms with E-state index in [-0.39, 0.29) is 17.0 Å². The average Bonchev–Trinajstić information content (AvgIpc) is 2.90. The Morgan fingerprint density at radius 2 is 2.05 bits per heavy atom. The highest BCUT2D eigenvalue weighted by Gasteiger charge is 2.24. The third kappa shape index (κ3) is 9.22. The smallest absolute Gasteiger partial charge is 0.326 e. The predicted octanol–water partition coefficient (Wildman–Crippen LogP) is 4.56. The first-order chi connectivity index (χ1) is 18.4. The minimum Gasteiger partial charge on any atom is -0.480 e. The second-order valence-electron chi connectivity index (χ2n) is 9.50. The van der Waals surface area contributed by atoms with E-state index in [1.807, 2.05) is 6.92 Å². The van der Waals surface area contributed by atoms with Crippen LogP contribution in [-0.4, -0.2) is 72.3 Å². The van der Waals surface area contributed by atoms with Crippen molar-refractivity contribution in [2.45, 2.75) is 57.9 Å². The van der Waals surface area contributed by atoms with E-state index < -0.39 is 23.7 Å². The number of pyridine rings is 1. The number of hydrogen-bond donors (Lipinski definition) is 3. The second-order valence-corrected chi connectivity index (χ2v) is 9.91. The fraction of sp³-hybridized carbons (Fsp3) is 0.536. The Balaban J connectivity index is 1.52. The molecule has 0 saturated carbocycles. The first-order valence-corrected chi connectivity index (χ1v) is 13.8. The molecular weight excluding hydrogens is 511 g/mol. The summed E-state index contributed by atoms with van der Waals surface area (Å²) in [6, 6.07) is 6.98. The highest BCUT2D eigenvalue weighted by molar-refractivity contribution is 6.33. The summed E-state index contributed by atoms with van der Waals surface area (Å²) in [5.74, 6) is -1.81. The molecule has 1 aliphatic rings. The maximum absolute atomic E-state index is 14.1. The van der Waals surface area contributed by atoms with Gasteiger partial charge in [0.1, 0.15) is 17.7 Å². The fourth-order valence-corrected chi connectivity index (χ4v) is 4.69. The number of hydrogen-bond acceptors (Lipinski definition) is 6. The quantitative estimate of drug-likeness (QED) is 0.264. The van der Waals surface area contributed by atoms with Crippen LogP contribution in [0.5, 0.6) is 0 Å². The molecule has 1 aromatic heterocycles. The number of amides is 1. The van der Waals surface area contributed by atoms with Gasteiger partial charge in [-0.2, -0.15) is 0 Å². The van der Waals surface area contributed by atoms with Crippen LogP contribution in [0, 0.1) is 5.82 Å². The number of carbonyl (C=O) groups is 2. The van der Waals surface area contributed by atoms with Crippen molar-refractivity contribution in [3.63, 3.8) is 0 Å². The summed E-state index contributed by atoms with van der Waals surface area (Å²) in [4.78, 5) is 31.4. The Hall–Kier alpha value is -2.75. The molecule has 0 fully saturated rings. The van der Waals surface area contributed by atoms with Crippen molar-refractivity contribution < 1.29 is 23.8 Å². The lowest BCUT2D eigenvalue weighted by molar-refractivity contribution is -0.139. The van der Waals surface area contributed by atoms with Gasteiger partial charge in [-0.15, -0.1) is 0 Å². The van der Waals surface area contributed by atoms with E-state index in [1.54, 1.807) is 0 Å². The zero-order valence-electron chi connectivity index (χ0n) is 22.0. The molecule has 0 saturated heterocycles. The average molecular weight is 549 g/mol. The molecule has 10 heteroatoms. The minimum absolute atomic E-state index is 0.0643. The highest BCUT2D eigenvalue weighted by Crippen LogP contribution is 2.21. The monoisotopic (exact) mass is 548 g/mol. The van der Waals surface area contributed by atoms with Crippen LogP contribution in [0.1, 0.15) is 60.6 Å². The van der Waals surface area contributed by atoms with Crippen LogP contribution >= 0.6 is 11.6 Å². The SMILES string of the molecule is CCCOCCN(CCCCc1ccc2c(n1)NCCC2)CCC(NC(=O)c1c(F)cccc1Cl)C(=O)O. The van der Waals surface area contributed by atoms with Crippen molar-refractivity contribution in [2.24, 2.45) is 0 Å². The molecule has 38 heavy (non-hydrogen) atoms. The molecule has 2 heterocycles. The van der Waals surface area contributed by atoms with Gasteiger partial charge in [-0.25, -0.2) is 14.2 Å². The summed E-state index contributed by atoms with van der Waals surface area (Å²) in [5.41, 5.74) is 1.99. The topological polar surface area (TPSA) is 104 Å². The van der Waals surface area contributed by atoms with Crippen LogP contribution in [0.15, 0.2) is 30.3 Å². The number of carbonyl (C=O) groups excluding carboxylic acids is 1. The number of ether oxygens (including phenoxy) is 1. The van der Waals surface area contributed by atoms with Crippen molar-refractivity contribution in [3.05, 3.63) is 58.0 Å². The molecule has 1 aromatic carbocycles. The lowest BCUT2D eigenvalue weighted by atomic mass is 10.1. The summed E-state index contributed by atoms with van der Waals surface area (Å²) < 4.78 is 19.8. The van der Waals surface area contributed by atoms with Crippen LogP contribution in [-0.2, 0) is 22.4 Å². The van der Waals surface area contributed by atoms with Crippen LogP contribution in [0.4, 0.5) is 10.2 Å². The van der Waals surface area contributed by atoms with E-state index in [9.17, 15) is 19.1 Å². The van der Waals surface area contributed by atoms with Gasteiger partial charge < -0.3 is 25.4 Å². The largest absolute Gasteiger partial charge is 0.480 e. The molecular formula is C28H38ClFN4O4. The third-order valence-electron chi connectivity index (χ3n) is 6.54. The van der Waals surface area contributed by atoms with Gasteiger partial charge in [0.05, 0.1) is 17.2 Å². The van der Waals surface area contributed by atoms with Gasteiger partial charge in [0.15, 0.2) is 0 Å². The minimum atomic E-state index is -1.18. The van der Waals surface area contributed by atoms with E-state index in [0.717, 1.165) is 69.2 Å². The Morgan fingerprint density at radius 3 is 2.82 bits per heavy atom. The first kappa shape index (κ1) is 29.8. The number of halogens is 2. The van der Waals surface area contributed by atoms with Crippen molar-refractivity contribution in [1.29, 1.82) is 0 Å². The molecule has 0 aliphatic carbocycles. The normalized spacial score (nSPS) is 13.6. The molecule has 3 rings (SSSR count). The lowest BCUT2D eigenvalue weighted by Crippen LogP contribution is -2.44. The number of carboxylic acid groups (broad SMARTS) is 1. The Morgan fingerprint density at radius 1 is 1.21 bits per heavy atom. The van der Waals surface area contributed by atoms with Crippen molar-refractivity contribution >= 4 is 29.3 Å². The van der Waals surface area contributed by atoms with E-state index in [2.05, 4.69) is 27.7 Å². The summed E-state index contributed by atoms with van der Waals surface area (Å²) in [6.07, 6.45) is 6.02. The Labute approximate surface area is 228 Å². The number of aliphatic carboxylic acids is 1. The van der Waals surface area contributed by atoms with E-state index in [1.165, 1.54) is 17.7 Å². The Bertz CT molecular complexity index is 1050. The molecule has 1 unspecified atom stereocenters. The number of nitrogens with zero attached hydrogens (tertiary/aromatic N) is 2. The molecule has 8 nitrogen and oxygen atoms in total. The van der Waals surface area contributed by atoms with Crippen LogP contribution < -0.4 is 10.6 Å². The van der Waals surface area contributed by atoms with Crippen LogP contribution in [0.3, 0.4) is 0 Å². The van der Waals surface area contributed by atoms with Crippen molar-refractivity contribution in [3.8, 4) is 0 Å². The number of unbranched alkanes of at least 4 members (excludes halogenated alkanes) is 1. The zero-order chi connectivity index (χ0) is 27.3. The summed E-state index contributed by atoms with van der Waals surface area (Å²) >= 11 is 5.97. The van der Waals surface area contributed by atoms with Gasteiger partial charge >= 0.3 is 5.97 Å². The number of anilines is 1. The first-order valence-electron chi connectivity index (χ1n) is 13.4. The van der Waals surface area contributed by atoms with Gasteiger partial charge in [-0.3, -0.25) is 4.79 Å². The van der Waals surface area contributed by atoms with Crippen LogP contribution in [0.2, 0.25) is 5.02 Å². The van der Waals surface area contributed by atoms with Gasteiger partial charge in [0.2, 0.25) is 0 Å². The molecule has 0 radical (unpaired) electrons. The number of rotatable bonds is 16. The molecule has 1 atom stereocenters. The zero-order valence-corrected chi connectivity index (χ0v) is 22.7. The molecule has 208 valence electrons. The summed E-state index contributed by atoms with van der Waals surface area (Å²) in [5, 5.41) is 15.4. The number of aromatic nitrogens is 1. The lowest BCUT2D eigenvalue weighted by Gasteiger charge is -2.24. The molecule has 3 N–H and O–H groups in total. The summed E-state index contributed by atoms with van der Waals surface area (Å²) in [7, 11) is 0. The molecule has 0 spiro atoms. The molecule has 1 amide bonds. The highest BCUT2D eigenvalue weighted by atomic mass is 35.5. The number of benzene rings is 1. The van der Waals surface area contributed by atoms with E-state index >= 15 is 0 Å². The Kier molecular flexibility index (Phi) is 12.2. The van der Waals surface area contributed by atoms with Gasteiger partial charge in [0, 0.05) is 31.9 Å². The number of nitrogens with one attached hydrogen (secondary N) is 2. The number of carboxylic acids is 1. The molecule has 2 aromatic rings. The van der Waals surface area contributed by atoms with Gasteiger partial charge in [0.25, 0.3) is 5.91 Å². The predicted molar refractivity (Wildman–Crippen MR) is 146 cm³/mol. The van der Waals surface area contributed by atoms with E-state index in [4.69, 9.17) is 21.3 Å². The van der Waals surface area contributed by atoms with Gasteiger partial charge in [-0.05, 0) is 75.3 Å². The molecule has 0 bridgehead atoms. The number of fused-ring (bicyclic) bond motifs is 1. The van der Waals surface area contributed by atoms with Crippen molar-refractivity contribution in [1.82, 2.24) is 15.2 Å². The number of aryl methyl sites for hydroxylation is 2. The second kappa shape index (κ2) is 15.6. The van der Waals surface area contributed by atoms with Gasteiger partial charge in [-0.1, -0.05) is 30.7 Å². The fourth-order valence-electron chi connectivity index (χ4n) is 4.44. The van der Waals surface area contributed by atoms with Crippen LogP contribution in [0.25, 0.3) is 0 Å².